The lowest BCUT2D eigenvalue weighted by Crippen LogP contribution is -2.09. The van der Waals surface area contributed by atoms with Gasteiger partial charge in [0.1, 0.15) is 5.75 Å². The molecule has 2 aromatic rings. The third-order valence-corrected chi connectivity index (χ3v) is 3.24. The Bertz CT molecular complexity index is 587. The van der Waals surface area contributed by atoms with Crippen LogP contribution in [0.15, 0.2) is 41.0 Å². The highest BCUT2D eigenvalue weighted by molar-refractivity contribution is 9.10. The lowest BCUT2D eigenvalue weighted by Gasteiger charge is -2.15. The predicted octanol–water partition coefficient (Wildman–Crippen LogP) is 3.42. The van der Waals surface area contributed by atoms with Gasteiger partial charge in [-0.3, -0.25) is 0 Å². The van der Waals surface area contributed by atoms with Gasteiger partial charge in [-0.25, -0.2) is 4.98 Å². The van der Waals surface area contributed by atoms with Gasteiger partial charge in [-0.05, 0) is 41.2 Å². The summed E-state index contributed by atoms with van der Waals surface area (Å²) in [5.74, 6) is 1.40. The quantitative estimate of drug-likeness (QED) is 0.908. The highest BCUT2D eigenvalue weighted by Gasteiger charge is 2.08. The van der Waals surface area contributed by atoms with Gasteiger partial charge in [0.25, 0.3) is 0 Å². The fourth-order valence-electron chi connectivity index (χ4n) is 1.81. The molecule has 1 N–H and O–H groups in total. The van der Waals surface area contributed by atoms with E-state index in [1.54, 1.807) is 6.20 Å². The SMILES string of the molecule is CNCc1cc(Br)cnc1Oc1cccc(N(C)C)c1. The summed E-state index contributed by atoms with van der Waals surface area (Å²) in [6.45, 7) is 0.704. The number of anilines is 1. The highest BCUT2D eigenvalue weighted by atomic mass is 79.9. The maximum Gasteiger partial charge on any atom is 0.223 e. The standard InChI is InChI=1S/C15H18BrN3O/c1-17-9-11-7-12(16)10-18-15(11)20-14-6-4-5-13(8-14)19(2)3/h4-8,10,17H,9H2,1-3H3. The van der Waals surface area contributed by atoms with Crippen molar-refractivity contribution >= 4 is 21.6 Å². The molecule has 1 aromatic heterocycles. The van der Waals surface area contributed by atoms with Gasteiger partial charge in [-0.2, -0.15) is 0 Å². The molecule has 20 heavy (non-hydrogen) atoms. The Hall–Kier alpha value is -1.59. The van der Waals surface area contributed by atoms with Crippen LogP contribution in [0.3, 0.4) is 0 Å². The number of rotatable bonds is 5. The molecule has 0 radical (unpaired) electrons. The van der Waals surface area contributed by atoms with E-state index in [1.807, 2.05) is 56.4 Å². The minimum Gasteiger partial charge on any atom is -0.439 e. The van der Waals surface area contributed by atoms with Crippen LogP contribution in [0.2, 0.25) is 0 Å². The molecule has 2 rings (SSSR count). The van der Waals surface area contributed by atoms with Crippen molar-refractivity contribution in [1.29, 1.82) is 0 Å². The molecule has 0 saturated heterocycles. The van der Waals surface area contributed by atoms with E-state index in [0.717, 1.165) is 21.5 Å². The first kappa shape index (κ1) is 14.8. The number of pyridine rings is 1. The second kappa shape index (κ2) is 6.72. The van der Waals surface area contributed by atoms with E-state index in [2.05, 4.69) is 26.2 Å². The number of hydrogen-bond donors (Lipinski definition) is 1. The first-order valence-electron chi connectivity index (χ1n) is 6.34. The molecular weight excluding hydrogens is 318 g/mol. The number of hydrogen-bond acceptors (Lipinski definition) is 4. The molecule has 1 aromatic carbocycles. The second-order valence-corrected chi connectivity index (χ2v) is 5.56. The number of aromatic nitrogens is 1. The summed E-state index contributed by atoms with van der Waals surface area (Å²) in [5, 5.41) is 3.12. The van der Waals surface area contributed by atoms with E-state index in [0.29, 0.717) is 12.4 Å². The zero-order valence-corrected chi connectivity index (χ0v) is 13.4. The Balaban J connectivity index is 2.27. The topological polar surface area (TPSA) is 37.4 Å². The smallest absolute Gasteiger partial charge is 0.223 e. The van der Waals surface area contributed by atoms with Crippen LogP contribution in [0.5, 0.6) is 11.6 Å². The van der Waals surface area contributed by atoms with E-state index in [4.69, 9.17) is 4.74 Å². The molecule has 5 heteroatoms. The van der Waals surface area contributed by atoms with Gasteiger partial charge < -0.3 is 15.0 Å². The lowest BCUT2D eigenvalue weighted by atomic mass is 10.2. The van der Waals surface area contributed by atoms with Crippen LogP contribution in [-0.4, -0.2) is 26.1 Å². The van der Waals surface area contributed by atoms with Gasteiger partial charge in [0.2, 0.25) is 5.88 Å². The molecule has 0 fully saturated rings. The fraction of sp³-hybridized carbons (Fsp3) is 0.267. The maximum absolute atomic E-state index is 5.91. The summed E-state index contributed by atoms with van der Waals surface area (Å²) >= 11 is 3.43. The predicted molar refractivity (Wildman–Crippen MR) is 85.5 cm³/mol. The summed E-state index contributed by atoms with van der Waals surface area (Å²) in [5.41, 5.74) is 2.10. The molecule has 1 heterocycles. The largest absolute Gasteiger partial charge is 0.439 e. The van der Waals surface area contributed by atoms with Crippen molar-refractivity contribution in [3.05, 3.63) is 46.6 Å². The zero-order valence-electron chi connectivity index (χ0n) is 11.9. The van der Waals surface area contributed by atoms with Crippen molar-refractivity contribution in [2.75, 3.05) is 26.0 Å². The van der Waals surface area contributed by atoms with Gasteiger partial charge in [0.15, 0.2) is 0 Å². The summed E-state index contributed by atoms with van der Waals surface area (Å²) in [7, 11) is 5.91. The van der Waals surface area contributed by atoms with E-state index in [-0.39, 0.29) is 0 Å². The first-order chi connectivity index (χ1) is 9.60. The summed E-state index contributed by atoms with van der Waals surface area (Å²) in [6, 6.07) is 9.94. The van der Waals surface area contributed by atoms with Crippen LogP contribution in [-0.2, 0) is 6.54 Å². The number of nitrogens with one attached hydrogen (secondary N) is 1. The van der Waals surface area contributed by atoms with Gasteiger partial charge in [0.05, 0.1) is 0 Å². The molecule has 0 bridgehead atoms. The van der Waals surface area contributed by atoms with Crippen molar-refractivity contribution in [3.8, 4) is 11.6 Å². The normalized spacial score (nSPS) is 10.4. The molecule has 106 valence electrons. The molecule has 0 aliphatic heterocycles. The van der Waals surface area contributed by atoms with Crippen molar-refractivity contribution in [2.24, 2.45) is 0 Å². The lowest BCUT2D eigenvalue weighted by molar-refractivity contribution is 0.454. The fourth-order valence-corrected chi connectivity index (χ4v) is 2.19. The van der Waals surface area contributed by atoms with Crippen LogP contribution in [0.25, 0.3) is 0 Å². The molecule has 0 atom stereocenters. The molecular formula is C15H18BrN3O. The van der Waals surface area contributed by atoms with Gasteiger partial charge in [-0.1, -0.05) is 6.07 Å². The van der Waals surface area contributed by atoms with Crippen LogP contribution in [0, 0.1) is 0 Å². The van der Waals surface area contributed by atoms with Gasteiger partial charge in [0, 0.05) is 48.6 Å². The summed E-state index contributed by atoms with van der Waals surface area (Å²) < 4.78 is 6.85. The second-order valence-electron chi connectivity index (χ2n) is 4.64. The van der Waals surface area contributed by atoms with Crippen molar-refractivity contribution in [3.63, 3.8) is 0 Å². The average Bonchev–Trinajstić information content (AvgIpc) is 2.42. The molecule has 0 saturated carbocycles. The van der Waals surface area contributed by atoms with Crippen molar-refractivity contribution in [2.45, 2.75) is 6.54 Å². The Morgan fingerprint density at radius 3 is 2.80 bits per heavy atom. The van der Waals surface area contributed by atoms with Crippen molar-refractivity contribution in [1.82, 2.24) is 10.3 Å². The Morgan fingerprint density at radius 2 is 2.10 bits per heavy atom. The van der Waals surface area contributed by atoms with Crippen LogP contribution >= 0.6 is 15.9 Å². The van der Waals surface area contributed by atoms with E-state index in [1.165, 1.54) is 0 Å². The zero-order chi connectivity index (χ0) is 14.5. The van der Waals surface area contributed by atoms with E-state index >= 15 is 0 Å². The van der Waals surface area contributed by atoms with E-state index in [9.17, 15) is 0 Å². The minimum absolute atomic E-state index is 0.624. The number of ether oxygens (including phenoxy) is 1. The maximum atomic E-state index is 5.91. The number of halogens is 1. The first-order valence-corrected chi connectivity index (χ1v) is 7.13. The number of benzene rings is 1. The molecule has 0 unspecified atom stereocenters. The van der Waals surface area contributed by atoms with Gasteiger partial charge in [-0.15, -0.1) is 0 Å². The summed E-state index contributed by atoms with van der Waals surface area (Å²) in [4.78, 5) is 6.38. The van der Waals surface area contributed by atoms with Crippen LogP contribution < -0.4 is 15.0 Å². The summed E-state index contributed by atoms with van der Waals surface area (Å²) in [6.07, 6.45) is 1.74. The molecule has 0 aliphatic rings. The number of nitrogens with zero attached hydrogens (tertiary/aromatic N) is 2. The average molecular weight is 336 g/mol. The molecule has 0 amide bonds. The Morgan fingerprint density at radius 1 is 1.30 bits per heavy atom. The minimum atomic E-state index is 0.624. The molecule has 0 aliphatic carbocycles. The van der Waals surface area contributed by atoms with Crippen LogP contribution in [0.1, 0.15) is 5.56 Å². The van der Waals surface area contributed by atoms with E-state index < -0.39 is 0 Å². The molecule has 0 spiro atoms. The third-order valence-electron chi connectivity index (χ3n) is 2.81. The van der Waals surface area contributed by atoms with Crippen LogP contribution in [0.4, 0.5) is 5.69 Å². The monoisotopic (exact) mass is 335 g/mol. The molecule has 4 nitrogen and oxygen atoms in total. The highest BCUT2D eigenvalue weighted by Crippen LogP contribution is 2.27. The van der Waals surface area contributed by atoms with Crippen molar-refractivity contribution < 1.29 is 4.74 Å². The third kappa shape index (κ3) is 3.71. The van der Waals surface area contributed by atoms with Gasteiger partial charge >= 0.3 is 0 Å². The Labute approximate surface area is 127 Å². The Kier molecular flexibility index (Phi) is 4.98.